The number of hydrogen-bond acceptors (Lipinski definition) is 4. The number of anilines is 1. The molecule has 164 valence electrons. The van der Waals surface area contributed by atoms with Crippen LogP contribution in [0.3, 0.4) is 0 Å². The Morgan fingerprint density at radius 1 is 1.10 bits per heavy atom. The zero-order valence-electron chi connectivity index (χ0n) is 17.6. The van der Waals surface area contributed by atoms with Crippen LogP contribution >= 0.6 is 0 Å². The van der Waals surface area contributed by atoms with Gasteiger partial charge >= 0.3 is 0 Å². The maximum Gasteiger partial charge on any atom is 0.286 e. The van der Waals surface area contributed by atoms with E-state index in [1.165, 1.54) is 18.2 Å². The van der Waals surface area contributed by atoms with E-state index in [-0.39, 0.29) is 34.1 Å². The number of rotatable bonds is 4. The van der Waals surface area contributed by atoms with Gasteiger partial charge in [-0.15, -0.1) is 4.40 Å². The van der Waals surface area contributed by atoms with Crippen LogP contribution in [0.15, 0.2) is 51.8 Å². The number of amides is 1. The Hall–Kier alpha value is -2.74. The maximum atomic E-state index is 13.3. The molecule has 4 rings (SSSR count). The van der Waals surface area contributed by atoms with Gasteiger partial charge < -0.3 is 10.2 Å². The normalized spacial score (nSPS) is 18.5. The van der Waals surface area contributed by atoms with Crippen LogP contribution in [0.25, 0.3) is 0 Å². The molecule has 1 saturated heterocycles. The molecule has 0 bridgehead atoms. The fraction of sp³-hybridized carbons (Fsp3) is 0.391. The Kier molecular flexibility index (Phi) is 5.83. The van der Waals surface area contributed by atoms with Crippen LogP contribution in [0.2, 0.25) is 0 Å². The highest BCUT2D eigenvalue weighted by atomic mass is 32.2. The molecule has 0 aliphatic carbocycles. The molecule has 1 fully saturated rings. The number of fused-ring (bicyclic) bond motifs is 3. The zero-order valence-corrected chi connectivity index (χ0v) is 18.5. The first kappa shape index (κ1) is 21.5. The van der Waals surface area contributed by atoms with E-state index >= 15 is 0 Å². The van der Waals surface area contributed by atoms with Crippen LogP contribution in [0.4, 0.5) is 10.1 Å². The summed E-state index contributed by atoms with van der Waals surface area (Å²) in [6.07, 6.45) is 3.55. The molecule has 1 N–H and O–H groups in total. The molecule has 0 aromatic heterocycles. The Labute approximate surface area is 182 Å². The van der Waals surface area contributed by atoms with Crippen molar-refractivity contribution in [2.75, 3.05) is 11.4 Å². The fourth-order valence-electron chi connectivity index (χ4n) is 4.15. The number of nitrogens with zero attached hydrogens (tertiary/aromatic N) is 2. The summed E-state index contributed by atoms with van der Waals surface area (Å²) in [5.74, 6) is -0.0870. The summed E-state index contributed by atoms with van der Waals surface area (Å²) < 4.78 is 43.0. The Morgan fingerprint density at radius 3 is 2.55 bits per heavy atom. The van der Waals surface area contributed by atoms with Gasteiger partial charge in [0.05, 0.1) is 11.7 Å². The number of amidine groups is 1. The molecular formula is C23H26FN3O3S. The number of carbonyl (C=O) groups is 1. The standard InChI is InChI=1S/C23H26FN3O3S/c1-15(2)22(16-7-10-18(24)11-8-16)25-23(28)17-9-12-19-20(14-17)31(29,30)26-21-6-4-3-5-13-27(19)21/h7-12,14-15,22H,3-6,13H2,1-2H3,(H,25,28)/t22-/m0/s1. The Bertz CT molecular complexity index is 1130. The maximum absolute atomic E-state index is 13.3. The predicted molar refractivity (Wildman–Crippen MR) is 118 cm³/mol. The molecule has 0 radical (unpaired) electrons. The van der Waals surface area contributed by atoms with Gasteiger partial charge in [0.25, 0.3) is 15.9 Å². The lowest BCUT2D eigenvalue weighted by Crippen LogP contribution is -2.36. The lowest BCUT2D eigenvalue weighted by Gasteiger charge is -2.30. The predicted octanol–water partition coefficient (Wildman–Crippen LogP) is 4.43. The van der Waals surface area contributed by atoms with Crippen LogP contribution in [-0.2, 0) is 10.0 Å². The third-order valence-electron chi connectivity index (χ3n) is 5.79. The molecule has 6 nitrogen and oxygen atoms in total. The first-order valence-electron chi connectivity index (χ1n) is 10.6. The molecule has 0 unspecified atom stereocenters. The summed E-state index contributed by atoms with van der Waals surface area (Å²) in [6, 6.07) is 10.4. The summed E-state index contributed by atoms with van der Waals surface area (Å²) in [5.41, 5.74) is 1.63. The van der Waals surface area contributed by atoms with Gasteiger partial charge in [-0.05, 0) is 54.7 Å². The topological polar surface area (TPSA) is 78.8 Å². The zero-order chi connectivity index (χ0) is 22.2. The fourth-order valence-corrected chi connectivity index (χ4v) is 5.43. The minimum Gasteiger partial charge on any atom is -0.345 e. The van der Waals surface area contributed by atoms with Crippen LogP contribution in [0.1, 0.15) is 61.5 Å². The smallest absolute Gasteiger partial charge is 0.286 e. The van der Waals surface area contributed by atoms with Gasteiger partial charge in [-0.3, -0.25) is 4.79 Å². The van der Waals surface area contributed by atoms with Gasteiger partial charge in [-0.25, -0.2) is 4.39 Å². The molecule has 8 heteroatoms. The highest BCUT2D eigenvalue weighted by Crippen LogP contribution is 2.35. The SMILES string of the molecule is CC(C)[C@H](NC(=O)c1ccc2c(c1)S(=O)(=O)N=C1CCCCCN12)c1ccc(F)cc1. The highest BCUT2D eigenvalue weighted by molar-refractivity contribution is 7.90. The molecule has 2 aromatic carbocycles. The quantitative estimate of drug-likeness (QED) is 0.758. The van der Waals surface area contributed by atoms with Crippen molar-refractivity contribution < 1.29 is 17.6 Å². The number of benzene rings is 2. The lowest BCUT2D eigenvalue weighted by molar-refractivity contribution is 0.0925. The monoisotopic (exact) mass is 443 g/mol. The van der Waals surface area contributed by atoms with Crippen LogP contribution in [-0.4, -0.2) is 26.7 Å². The first-order chi connectivity index (χ1) is 14.8. The van der Waals surface area contributed by atoms with E-state index in [0.717, 1.165) is 24.8 Å². The van der Waals surface area contributed by atoms with E-state index in [9.17, 15) is 17.6 Å². The summed E-state index contributed by atoms with van der Waals surface area (Å²) in [7, 11) is -3.86. The van der Waals surface area contributed by atoms with Crippen molar-refractivity contribution in [3.05, 3.63) is 59.4 Å². The molecule has 0 spiro atoms. The van der Waals surface area contributed by atoms with Gasteiger partial charge in [-0.1, -0.05) is 32.4 Å². The molecule has 0 saturated carbocycles. The minimum absolute atomic E-state index is 0.0556. The van der Waals surface area contributed by atoms with Gasteiger partial charge in [0.2, 0.25) is 0 Å². The summed E-state index contributed by atoms with van der Waals surface area (Å²) in [4.78, 5) is 15.0. The second-order valence-electron chi connectivity index (χ2n) is 8.37. The minimum atomic E-state index is -3.86. The van der Waals surface area contributed by atoms with E-state index < -0.39 is 10.0 Å². The van der Waals surface area contributed by atoms with Gasteiger partial charge in [0.1, 0.15) is 16.5 Å². The van der Waals surface area contributed by atoms with Crippen LogP contribution in [0, 0.1) is 11.7 Å². The van der Waals surface area contributed by atoms with Crippen molar-refractivity contribution in [3.8, 4) is 0 Å². The van der Waals surface area contributed by atoms with Crippen molar-refractivity contribution in [3.63, 3.8) is 0 Å². The third-order valence-corrected chi connectivity index (χ3v) is 7.13. The van der Waals surface area contributed by atoms with Crippen molar-refractivity contribution in [1.82, 2.24) is 5.32 Å². The van der Waals surface area contributed by atoms with Gasteiger partial charge in [0, 0.05) is 18.5 Å². The van der Waals surface area contributed by atoms with E-state index in [1.807, 2.05) is 18.7 Å². The second kappa shape index (κ2) is 8.42. The van der Waals surface area contributed by atoms with Gasteiger partial charge in [-0.2, -0.15) is 8.42 Å². The Morgan fingerprint density at radius 2 is 1.84 bits per heavy atom. The van der Waals surface area contributed by atoms with E-state index in [0.29, 0.717) is 24.5 Å². The van der Waals surface area contributed by atoms with Crippen LogP contribution in [0.5, 0.6) is 0 Å². The second-order valence-corrected chi connectivity index (χ2v) is 9.95. The third kappa shape index (κ3) is 4.35. The lowest BCUT2D eigenvalue weighted by atomic mass is 9.95. The Balaban J connectivity index is 1.64. The summed E-state index contributed by atoms with van der Waals surface area (Å²) >= 11 is 0. The average molecular weight is 444 g/mol. The average Bonchev–Trinajstić information content (AvgIpc) is 2.97. The van der Waals surface area contributed by atoms with E-state index in [4.69, 9.17) is 0 Å². The molecule has 2 aliphatic heterocycles. The van der Waals surface area contributed by atoms with E-state index in [1.54, 1.807) is 24.3 Å². The number of sulfonamides is 1. The summed E-state index contributed by atoms with van der Waals surface area (Å²) in [6.45, 7) is 4.63. The van der Waals surface area contributed by atoms with Crippen molar-refractivity contribution in [2.24, 2.45) is 10.3 Å². The van der Waals surface area contributed by atoms with Crippen molar-refractivity contribution in [2.45, 2.75) is 50.5 Å². The largest absolute Gasteiger partial charge is 0.345 e. The van der Waals surface area contributed by atoms with Crippen LogP contribution < -0.4 is 10.2 Å². The van der Waals surface area contributed by atoms with Crippen molar-refractivity contribution in [1.29, 1.82) is 0 Å². The number of nitrogens with one attached hydrogen (secondary N) is 1. The number of carbonyl (C=O) groups excluding carboxylic acids is 1. The number of halogens is 1. The highest BCUT2D eigenvalue weighted by Gasteiger charge is 2.32. The number of hydrogen-bond donors (Lipinski definition) is 1. The van der Waals surface area contributed by atoms with E-state index in [2.05, 4.69) is 9.71 Å². The molecule has 1 amide bonds. The molecule has 2 aromatic rings. The van der Waals surface area contributed by atoms with Gasteiger partial charge in [0.15, 0.2) is 0 Å². The molecule has 2 aliphatic rings. The molecule has 1 atom stereocenters. The first-order valence-corrected chi connectivity index (χ1v) is 12.0. The van der Waals surface area contributed by atoms with Crippen molar-refractivity contribution >= 4 is 27.5 Å². The summed E-state index contributed by atoms with van der Waals surface area (Å²) in [5, 5.41) is 2.96. The molecule has 31 heavy (non-hydrogen) atoms. The molecule has 2 heterocycles. The molecular weight excluding hydrogens is 417 g/mol.